The summed E-state index contributed by atoms with van der Waals surface area (Å²) in [4.78, 5) is 35.6. The normalized spacial score (nSPS) is 15.5. The second kappa shape index (κ2) is 7.66. The molecule has 0 radical (unpaired) electrons. The molecule has 0 atom stereocenters. The van der Waals surface area contributed by atoms with E-state index in [4.69, 9.17) is 0 Å². The Kier molecular flexibility index (Phi) is 4.91. The van der Waals surface area contributed by atoms with Gasteiger partial charge in [0.2, 0.25) is 0 Å². The Bertz CT molecular complexity index is 1160. The van der Waals surface area contributed by atoms with E-state index in [2.05, 4.69) is 5.32 Å². The van der Waals surface area contributed by atoms with Crippen molar-refractivity contribution in [2.45, 2.75) is 0 Å². The van der Waals surface area contributed by atoms with Crippen molar-refractivity contribution in [2.24, 2.45) is 0 Å². The highest BCUT2D eigenvalue weighted by Gasteiger charge is 2.24. The van der Waals surface area contributed by atoms with Crippen molar-refractivity contribution < 1.29 is 14.4 Å². The van der Waals surface area contributed by atoms with Crippen LogP contribution in [0.5, 0.6) is 0 Å². The van der Waals surface area contributed by atoms with Crippen molar-refractivity contribution in [3.8, 4) is 0 Å². The van der Waals surface area contributed by atoms with Gasteiger partial charge in [0, 0.05) is 5.56 Å². The van der Waals surface area contributed by atoms with Crippen LogP contribution in [0.25, 0.3) is 22.9 Å². The third-order valence-corrected chi connectivity index (χ3v) is 5.15. The summed E-state index contributed by atoms with van der Waals surface area (Å²) in [6.07, 6.45) is 4.98. The molecule has 5 heteroatoms. The number of hydrogen-bond donors (Lipinski definition) is 1. The van der Waals surface area contributed by atoms with Crippen LogP contribution in [0.3, 0.4) is 0 Å². The first kappa shape index (κ1) is 17.9. The molecule has 1 aliphatic heterocycles. The topological polar surface area (TPSA) is 63.2 Å². The number of hydrogen-bond acceptors (Lipinski definition) is 4. The monoisotopic (exact) mass is 385 g/mol. The number of imide groups is 1. The smallest absolute Gasteiger partial charge is 0.289 e. The van der Waals surface area contributed by atoms with E-state index in [9.17, 15) is 14.4 Å². The Balaban J connectivity index is 1.48. The number of carbonyl (C=O) groups excluding carboxylic acids is 3. The maximum atomic E-state index is 12.5. The van der Waals surface area contributed by atoms with E-state index >= 15 is 0 Å². The zero-order chi connectivity index (χ0) is 19.5. The molecule has 0 aromatic heterocycles. The Morgan fingerprint density at radius 2 is 1.57 bits per heavy atom. The fourth-order valence-corrected chi connectivity index (χ4v) is 3.57. The maximum Gasteiger partial charge on any atom is 0.290 e. The fraction of sp³-hybridized carbons (Fsp3) is 0. The zero-order valence-electron chi connectivity index (χ0n) is 14.7. The number of rotatable bonds is 4. The summed E-state index contributed by atoms with van der Waals surface area (Å²) in [5, 5.41) is 4.00. The largest absolute Gasteiger partial charge is 0.290 e. The third-order valence-electron chi connectivity index (χ3n) is 4.34. The van der Waals surface area contributed by atoms with Gasteiger partial charge in [0.1, 0.15) is 0 Å². The molecule has 3 aromatic rings. The number of allylic oxidation sites excluding steroid dienone is 1. The Hall–Kier alpha value is -3.44. The Labute approximate surface area is 165 Å². The number of amides is 2. The zero-order valence-corrected chi connectivity index (χ0v) is 15.5. The molecule has 4 rings (SSSR count). The third kappa shape index (κ3) is 3.94. The molecule has 2 amide bonds. The molecule has 0 bridgehead atoms. The molecule has 28 heavy (non-hydrogen) atoms. The van der Waals surface area contributed by atoms with Crippen LogP contribution in [0.2, 0.25) is 0 Å². The van der Waals surface area contributed by atoms with E-state index in [-0.39, 0.29) is 16.9 Å². The van der Waals surface area contributed by atoms with Gasteiger partial charge in [-0.15, -0.1) is 0 Å². The Morgan fingerprint density at radius 3 is 2.29 bits per heavy atom. The minimum absolute atomic E-state index is 0.0607. The molecule has 0 unspecified atom stereocenters. The van der Waals surface area contributed by atoms with Gasteiger partial charge < -0.3 is 0 Å². The number of ketones is 1. The van der Waals surface area contributed by atoms with Crippen LogP contribution in [0.15, 0.2) is 77.7 Å². The molecule has 136 valence electrons. The van der Waals surface area contributed by atoms with Crippen LogP contribution in [-0.2, 0) is 4.79 Å². The first-order chi connectivity index (χ1) is 13.6. The molecule has 1 N–H and O–H groups in total. The molecule has 1 fully saturated rings. The van der Waals surface area contributed by atoms with Crippen molar-refractivity contribution in [3.05, 3.63) is 94.4 Å². The van der Waals surface area contributed by atoms with Crippen molar-refractivity contribution in [3.63, 3.8) is 0 Å². The molecule has 1 aliphatic rings. The van der Waals surface area contributed by atoms with Crippen molar-refractivity contribution in [1.29, 1.82) is 0 Å². The van der Waals surface area contributed by atoms with Crippen LogP contribution < -0.4 is 5.32 Å². The van der Waals surface area contributed by atoms with Gasteiger partial charge in [-0.25, -0.2) is 0 Å². The van der Waals surface area contributed by atoms with E-state index in [1.807, 2.05) is 66.7 Å². The van der Waals surface area contributed by atoms with Crippen LogP contribution >= 0.6 is 11.8 Å². The molecule has 4 nitrogen and oxygen atoms in total. The summed E-state index contributed by atoms with van der Waals surface area (Å²) in [7, 11) is 0. The predicted octanol–water partition coefficient (Wildman–Crippen LogP) is 5.06. The van der Waals surface area contributed by atoms with Crippen LogP contribution in [0.4, 0.5) is 4.79 Å². The van der Waals surface area contributed by atoms with Gasteiger partial charge >= 0.3 is 0 Å². The average Bonchev–Trinajstić information content (AvgIpc) is 3.03. The molecular formula is C23H15NO3S. The first-order valence-electron chi connectivity index (χ1n) is 8.65. The van der Waals surface area contributed by atoms with E-state index in [1.165, 1.54) is 0 Å². The maximum absolute atomic E-state index is 12.5. The molecule has 0 spiro atoms. The fourth-order valence-electron chi connectivity index (χ4n) is 2.89. The SMILES string of the molecule is O=C1NC(=O)/C(=C/c2ccc(/C=C/C(=O)c3ccc4ccccc4c3)cc2)S1. The molecule has 1 saturated heterocycles. The van der Waals surface area contributed by atoms with Crippen LogP contribution in [-0.4, -0.2) is 16.9 Å². The van der Waals surface area contributed by atoms with Crippen LogP contribution in [0, 0.1) is 0 Å². The lowest BCUT2D eigenvalue weighted by molar-refractivity contribution is -0.115. The summed E-state index contributed by atoms with van der Waals surface area (Å²) in [6, 6.07) is 21.0. The number of benzene rings is 3. The minimum Gasteiger partial charge on any atom is -0.289 e. The summed E-state index contributed by atoms with van der Waals surface area (Å²) >= 11 is 0.888. The van der Waals surface area contributed by atoms with Crippen molar-refractivity contribution in [1.82, 2.24) is 5.32 Å². The average molecular weight is 385 g/mol. The Morgan fingerprint density at radius 1 is 0.857 bits per heavy atom. The van der Waals surface area contributed by atoms with Gasteiger partial charge in [0.15, 0.2) is 5.78 Å². The van der Waals surface area contributed by atoms with Gasteiger partial charge in [-0.1, -0.05) is 66.7 Å². The second-order valence-electron chi connectivity index (χ2n) is 6.28. The van der Waals surface area contributed by atoms with Crippen LogP contribution in [0.1, 0.15) is 21.5 Å². The van der Waals surface area contributed by atoms with Gasteiger partial charge in [-0.2, -0.15) is 0 Å². The molecule has 0 saturated carbocycles. The van der Waals surface area contributed by atoms with E-state index < -0.39 is 0 Å². The van der Waals surface area contributed by atoms with Gasteiger partial charge in [-0.05, 0) is 51.9 Å². The summed E-state index contributed by atoms with van der Waals surface area (Å²) in [5.41, 5.74) is 2.33. The lowest BCUT2D eigenvalue weighted by Crippen LogP contribution is -2.17. The summed E-state index contributed by atoms with van der Waals surface area (Å²) in [5.74, 6) is -0.436. The number of thioether (sulfide) groups is 1. The quantitative estimate of drug-likeness (QED) is 0.504. The highest BCUT2D eigenvalue weighted by molar-refractivity contribution is 8.18. The van der Waals surface area contributed by atoms with Gasteiger partial charge in [-0.3, -0.25) is 19.7 Å². The number of fused-ring (bicyclic) bond motifs is 1. The molecule has 1 heterocycles. The van der Waals surface area contributed by atoms with E-state index in [0.29, 0.717) is 10.5 Å². The first-order valence-corrected chi connectivity index (χ1v) is 9.46. The van der Waals surface area contributed by atoms with Crippen molar-refractivity contribution >= 4 is 51.6 Å². The predicted molar refractivity (Wildman–Crippen MR) is 113 cm³/mol. The second-order valence-corrected chi connectivity index (χ2v) is 7.29. The minimum atomic E-state index is -0.375. The highest BCUT2D eigenvalue weighted by Crippen LogP contribution is 2.25. The highest BCUT2D eigenvalue weighted by atomic mass is 32.2. The summed E-state index contributed by atoms with van der Waals surface area (Å²) < 4.78 is 0. The molecular weight excluding hydrogens is 370 g/mol. The number of carbonyl (C=O) groups is 3. The standard InChI is InChI=1S/C23H15NO3S/c25-20(19-11-10-17-3-1-2-4-18(17)14-19)12-9-15-5-7-16(8-6-15)13-21-22(26)24-23(27)28-21/h1-14H,(H,24,26,27)/b12-9+,21-13-. The lowest BCUT2D eigenvalue weighted by Gasteiger charge is -2.01. The molecule has 3 aromatic carbocycles. The molecule has 0 aliphatic carbocycles. The van der Waals surface area contributed by atoms with Gasteiger partial charge in [0.25, 0.3) is 11.1 Å². The van der Waals surface area contributed by atoms with Crippen molar-refractivity contribution in [2.75, 3.05) is 0 Å². The summed E-state index contributed by atoms with van der Waals surface area (Å²) in [6.45, 7) is 0. The lowest BCUT2D eigenvalue weighted by atomic mass is 10.0. The van der Waals surface area contributed by atoms with Gasteiger partial charge in [0.05, 0.1) is 4.91 Å². The van der Waals surface area contributed by atoms with E-state index in [1.54, 1.807) is 18.2 Å². The number of nitrogens with one attached hydrogen (secondary N) is 1. The van der Waals surface area contributed by atoms with E-state index in [0.717, 1.165) is 33.7 Å².